The van der Waals surface area contributed by atoms with E-state index in [2.05, 4.69) is 30.8 Å². The molecular formula is C11H22N2O. The first-order valence-corrected chi connectivity index (χ1v) is 5.67. The summed E-state index contributed by atoms with van der Waals surface area (Å²) in [4.78, 5) is 2.50. The fourth-order valence-corrected chi connectivity index (χ4v) is 2.10. The Kier molecular flexibility index (Phi) is 4.39. The quantitative estimate of drug-likeness (QED) is 0.558. The van der Waals surface area contributed by atoms with Gasteiger partial charge in [0.1, 0.15) is 0 Å². The molecule has 0 aliphatic carbocycles. The first-order valence-electron chi connectivity index (χ1n) is 5.67. The summed E-state index contributed by atoms with van der Waals surface area (Å²) >= 11 is 0. The summed E-state index contributed by atoms with van der Waals surface area (Å²) in [6.45, 7) is 8.76. The van der Waals surface area contributed by atoms with Crippen LogP contribution in [0, 0.1) is 5.92 Å². The maximum absolute atomic E-state index is 8.84. The Morgan fingerprint density at radius 2 is 2.29 bits per heavy atom. The maximum Gasteiger partial charge on any atom is 0.0627 e. The Labute approximate surface area is 86.8 Å². The van der Waals surface area contributed by atoms with E-state index >= 15 is 0 Å². The standard InChI is InChI=1S/C11H22N2O/c1-4-9(3)13-7-6-11(12-14)10(5-2)8-13/h9-10,14H,4-8H2,1-3H3. The smallest absolute Gasteiger partial charge is 0.0627 e. The average molecular weight is 198 g/mol. The molecule has 1 N–H and O–H groups in total. The van der Waals surface area contributed by atoms with Crippen molar-refractivity contribution in [2.75, 3.05) is 13.1 Å². The first kappa shape index (κ1) is 11.5. The van der Waals surface area contributed by atoms with Gasteiger partial charge in [0, 0.05) is 31.5 Å². The molecule has 2 unspecified atom stereocenters. The number of nitrogens with zero attached hydrogens (tertiary/aromatic N) is 2. The fraction of sp³-hybridized carbons (Fsp3) is 0.909. The minimum Gasteiger partial charge on any atom is -0.411 e. The van der Waals surface area contributed by atoms with Crippen molar-refractivity contribution < 1.29 is 5.21 Å². The Hall–Kier alpha value is -0.570. The lowest BCUT2D eigenvalue weighted by atomic mass is 9.92. The molecule has 1 fully saturated rings. The molecule has 0 radical (unpaired) electrons. The third kappa shape index (κ3) is 2.47. The number of oxime groups is 1. The molecule has 3 heteroatoms. The monoisotopic (exact) mass is 198 g/mol. The van der Waals surface area contributed by atoms with Crippen molar-refractivity contribution in [2.45, 2.75) is 46.1 Å². The zero-order valence-corrected chi connectivity index (χ0v) is 9.53. The summed E-state index contributed by atoms with van der Waals surface area (Å²) in [5.74, 6) is 0.461. The van der Waals surface area contributed by atoms with Crippen LogP contribution in [0.2, 0.25) is 0 Å². The van der Waals surface area contributed by atoms with Gasteiger partial charge in [0.15, 0.2) is 0 Å². The van der Waals surface area contributed by atoms with Crippen molar-refractivity contribution in [1.82, 2.24) is 4.90 Å². The van der Waals surface area contributed by atoms with Gasteiger partial charge >= 0.3 is 0 Å². The van der Waals surface area contributed by atoms with E-state index in [9.17, 15) is 0 Å². The highest BCUT2D eigenvalue weighted by Crippen LogP contribution is 2.20. The van der Waals surface area contributed by atoms with Crippen molar-refractivity contribution in [3.05, 3.63) is 0 Å². The van der Waals surface area contributed by atoms with Gasteiger partial charge in [-0.15, -0.1) is 0 Å². The molecule has 1 heterocycles. The van der Waals surface area contributed by atoms with Crippen LogP contribution >= 0.6 is 0 Å². The predicted octanol–water partition coefficient (Wildman–Crippen LogP) is 2.35. The summed E-state index contributed by atoms with van der Waals surface area (Å²) in [6, 6.07) is 0.657. The molecule has 14 heavy (non-hydrogen) atoms. The molecule has 0 aromatic carbocycles. The van der Waals surface area contributed by atoms with Crippen LogP contribution in [0.25, 0.3) is 0 Å². The second kappa shape index (κ2) is 5.35. The first-order chi connectivity index (χ1) is 6.72. The van der Waals surface area contributed by atoms with E-state index in [-0.39, 0.29) is 0 Å². The fourth-order valence-electron chi connectivity index (χ4n) is 2.10. The molecule has 1 saturated heterocycles. The molecule has 0 saturated carbocycles. The van der Waals surface area contributed by atoms with Gasteiger partial charge in [0.05, 0.1) is 5.71 Å². The van der Waals surface area contributed by atoms with E-state index in [0.717, 1.165) is 31.6 Å². The number of likely N-dealkylation sites (tertiary alicyclic amines) is 1. The molecule has 0 spiro atoms. The van der Waals surface area contributed by atoms with Crippen LogP contribution in [0.3, 0.4) is 0 Å². The highest BCUT2D eigenvalue weighted by atomic mass is 16.4. The van der Waals surface area contributed by atoms with Gasteiger partial charge in [0.25, 0.3) is 0 Å². The lowest BCUT2D eigenvalue weighted by Gasteiger charge is -2.36. The normalized spacial score (nSPS) is 29.4. The number of piperidine rings is 1. The van der Waals surface area contributed by atoms with E-state index in [1.54, 1.807) is 0 Å². The van der Waals surface area contributed by atoms with Crippen LogP contribution in [0.15, 0.2) is 5.16 Å². The SMILES string of the molecule is CCC1CN(C(C)CC)CCC1=NO. The highest BCUT2D eigenvalue weighted by Gasteiger charge is 2.26. The molecule has 2 atom stereocenters. The summed E-state index contributed by atoms with van der Waals surface area (Å²) < 4.78 is 0. The minimum absolute atomic E-state index is 0.461. The predicted molar refractivity (Wildman–Crippen MR) is 58.9 cm³/mol. The van der Waals surface area contributed by atoms with Crippen molar-refractivity contribution in [1.29, 1.82) is 0 Å². The number of hydrogen-bond donors (Lipinski definition) is 1. The molecule has 82 valence electrons. The van der Waals surface area contributed by atoms with Gasteiger partial charge in [0.2, 0.25) is 0 Å². The molecule has 0 amide bonds. The summed E-state index contributed by atoms with van der Waals surface area (Å²) in [5, 5.41) is 12.3. The molecule has 1 rings (SSSR count). The summed E-state index contributed by atoms with van der Waals surface area (Å²) in [7, 11) is 0. The van der Waals surface area contributed by atoms with Gasteiger partial charge in [-0.25, -0.2) is 0 Å². The Balaban J connectivity index is 2.56. The lowest BCUT2D eigenvalue weighted by molar-refractivity contribution is 0.172. The van der Waals surface area contributed by atoms with Crippen LogP contribution in [0.5, 0.6) is 0 Å². The van der Waals surface area contributed by atoms with E-state index in [0.29, 0.717) is 12.0 Å². The molecule has 1 aliphatic rings. The number of rotatable bonds is 3. The van der Waals surface area contributed by atoms with Crippen LogP contribution in [-0.4, -0.2) is 35.0 Å². The van der Waals surface area contributed by atoms with Crippen molar-refractivity contribution in [3.63, 3.8) is 0 Å². The molecule has 0 bridgehead atoms. The maximum atomic E-state index is 8.84. The molecule has 0 aromatic heterocycles. The van der Waals surface area contributed by atoms with E-state index in [4.69, 9.17) is 5.21 Å². The summed E-state index contributed by atoms with van der Waals surface area (Å²) in [5.41, 5.74) is 0.993. The second-order valence-electron chi connectivity index (χ2n) is 4.20. The van der Waals surface area contributed by atoms with E-state index < -0.39 is 0 Å². The highest BCUT2D eigenvalue weighted by molar-refractivity contribution is 5.87. The zero-order valence-electron chi connectivity index (χ0n) is 9.53. The van der Waals surface area contributed by atoms with E-state index in [1.807, 2.05) is 0 Å². The molecule has 0 aromatic rings. The molecular weight excluding hydrogens is 176 g/mol. The largest absolute Gasteiger partial charge is 0.411 e. The number of hydrogen-bond acceptors (Lipinski definition) is 3. The van der Waals surface area contributed by atoms with Crippen molar-refractivity contribution in [3.8, 4) is 0 Å². The Bertz CT molecular complexity index is 203. The van der Waals surface area contributed by atoms with Crippen molar-refractivity contribution in [2.24, 2.45) is 11.1 Å². The van der Waals surface area contributed by atoms with Crippen LogP contribution in [0.1, 0.15) is 40.0 Å². The van der Waals surface area contributed by atoms with Gasteiger partial charge in [-0.05, 0) is 19.8 Å². The van der Waals surface area contributed by atoms with Gasteiger partial charge in [-0.3, -0.25) is 4.90 Å². The van der Waals surface area contributed by atoms with Crippen LogP contribution in [-0.2, 0) is 0 Å². The molecule has 1 aliphatic heterocycles. The third-order valence-corrected chi connectivity index (χ3v) is 3.42. The van der Waals surface area contributed by atoms with Gasteiger partial charge in [-0.2, -0.15) is 0 Å². The van der Waals surface area contributed by atoms with Gasteiger partial charge < -0.3 is 5.21 Å². The average Bonchev–Trinajstić information content (AvgIpc) is 2.26. The van der Waals surface area contributed by atoms with Crippen LogP contribution < -0.4 is 0 Å². The summed E-state index contributed by atoms with van der Waals surface area (Å²) in [6.07, 6.45) is 3.20. The molecule has 3 nitrogen and oxygen atoms in total. The topological polar surface area (TPSA) is 35.8 Å². The second-order valence-corrected chi connectivity index (χ2v) is 4.20. The Morgan fingerprint density at radius 3 is 2.79 bits per heavy atom. The lowest BCUT2D eigenvalue weighted by Crippen LogP contribution is -2.44. The Morgan fingerprint density at radius 1 is 1.57 bits per heavy atom. The third-order valence-electron chi connectivity index (χ3n) is 3.42. The van der Waals surface area contributed by atoms with E-state index in [1.165, 1.54) is 6.42 Å². The van der Waals surface area contributed by atoms with Crippen molar-refractivity contribution >= 4 is 5.71 Å². The van der Waals surface area contributed by atoms with Gasteiger partial charge in [-0.1, -0.05) is 19.0 Å². The zero-order chi connectivity index (χ0) is 10.6. The minimum atomic E-state index is 0.461. The van der Waals surface area contributed by atoms with Crippen LogP contribution in [0.4, 0.5) is 0 Å².